The Balaban J connectivity index is 2.09. The van der Waals surface area contributed by atoms with Crippen molar-refractivity contribution >= 4 is 11.6 Å². The molecule has 0 aliphatic heterocycles. The molecule has 1 aliphatic rings. The lowest BCUT2D eigenvalue weighted by Gasteiger charge is -2.25. The highest BCUT2D eigenvalue weighted by Gasteiger charge is 2.18. The van der Waals surface area contributed by atoms with Crippen LogP contribution in [0.15, 0.2) is 0 Å². The van der Waals surface area contributed by atoms with E-state index in [9.17, 15) is 0 Å². The minimum Gasteiger partial charge on any atom is -0.314 e. The molecule has 1 fully saturated rings. The first-order chi connectivity index (χ1) is 5.68. The third kappa shape index (κ3) is 3.77. The molecule has 1 N–H and O–H groups in total. The molecule has 72 valence electrons. The lowest BCUT2D eigenvalue weighted by Crippen LogP contribution is -2.31. The van der Waals surface area contributed by atoms with E-state index in [0.717, 1.165) is 5.92 Å². The van der Waals surface area contributed by atoms with Gasteiger partial charge in [0.15, 0.2) is 0 Å². The molecule has 2 heteroatoms. The first-order valence-corrected chi connectivity index (χ1v) is 5.49. The summed E-state index contributed by atoms with van der Waals surface area (Å²) in [6, 6.07) is 0.624. The fourth-order valence-corrected chi connectivity index (χ4v) is 1.98. The molecule has 0 aromatic rings. The maximum Gasteiger partial charge on any atom is 0.0336 e. The molecule has 1 aliphatic carbocycles. The number of rotatable bonds is 3. The maximum absolute atomic E-state index is 6.02. The quantitative estimate of drug-likeness (QED) is 0.674. The fourth-order valence-electron chi connectivity index (χ4n) is 1.73. The molecule has 0 radical (unpaired) electrons. The maximum atomic E-state index is 6.02. The Morgan fingerprint density at radius 3 is 2.33 bits per heavy atom. The molecule has 1 saturated carbocycles. The van der Waals surface area contributed by atoms with Crippen LogP contribution in [0.25, 0.3) is 0 Å². The van der Waals surface area contributed by atoms with Gasteiger partial charge in [-0.15, -0.1) is 11.6 Å². The summed E-state index contributed by atoms with van der Waals surface area (Å²) >= 11 is 6.02. The van der Waals surface area contributed by atoms with Gasteiger partial charge in [0.2, 0.25) is 0 Å². The zero-order chi connectivity index (χ0) is 8.97. The summed E-state index contributed by atoms with van der Waals surface area (Å²) in [5.74, 6) is 0.877. The standard InChI is InChI=1S/C10H20ClN/c1-8(2)12-7-9-3-5-10(11)6-4-9/h8-10,12H,3-7H2,1-2H3. The second kappa shape index (κ2) is 5.08. The number of halogens is 1. The van der Waals surface area contributed by atoms with Gasteiger partial charge >= 0.3 is 0 Å². The molecular formula is C10H20ClN. The van der Waals surface area contributed by atoms with Crippen molar-refractivity contribution in [2.75, 3.05) is 6.54 Å². The normalized spacial score (nSPS) is 31.0. The Hall–Kier alpha value is 0.250. The summed E-state index contributed by atoms with van der Waals surface area (Å²) in [5, 5.41) is 3.95. The van der Waals surface area contributed by atoms with Crippen LogP contribution in [0.1, 0.15) is 39.5 Å². The van der Waals surface area contributed by atoms with Crippen LogP contribution >= 0.6 is 11.6 Å². The highest BCUT2D eigenvalue weighted by atomic mass is 35.5. The van der Waals surface area contributed by atoms with E-state index in [1.165, 1.54) is 32.2 Å². The SMILES string of the molecule is CC(C)NCC1CCC(Cl)CC1. The van der Waals surface area contributed by atoms with Crippen LogP contribution in [0, 0.1) is 5.92 Å². The second-order valence-corrected chi connectivity index (χ2v) is 4.80. The molecule has 0 aromatic carbocycles. The molecule has 0 spiro atoms. The van der Waals surface area contributed by atoms with Gasteiger partial charge in [0.25, 0.3) is 0 Å². The Morgan fingerprint density at radius 2 is 1.83 bits per heavy atom. The molecular weight excluding hydrogens is 170 g/mol. The van der Waals surface area contributed by atoms with Gasteiger partial charge in [-0.1, -0.05) is 13.8 Å². The van der Waals surface area contributed by atoms with Crippen LogP contribution in [-0.2, 0) is 0 Å². The van der Waals surface area contributed by atoms with Crippen LogP contribution in [0.5, 0.6) is 0 Å². The summed E-state index contributed by atoms with van der Waals surface area (Å²) in [5.41, 5.74) is 0. The third-order valence-electron chi connectivity index (χ3n) is 2.59. The van der Waals surface area contributed by atoms with Gasteiger partial charge in [-0.05, 0) is 38.1 Å². The van der Waals surface area contributed by atoms with Crippen LogP contribution in [0.4, 0.5) is 0 Å². The Labute approximate surface area is 80.9 Å². The van der Waals surface area contributed by atoms with Crippen molar-refractivity contribution in [2.24, 2.45) is 5.92 Å². The van der Waals surface area contributed by atoms with Crippen molar-refractivity contribution in [1.29, 1.82) is 0 Å². The largest absolute Gasteiger partial charge is 0.314 e. The van der Waals surface area contributed by atoms with E-state index in [1.807, 2.05) is 0 Å². The van der Waals surface area contributed by atoms with E-state index in [1.54, 1.807) is 0 Å². The first-order valence-electron chi connectivity index (χ1n) is 5.06. The van der Waals surface area contributed by atoms with Crippen LogP contribution < -0.4 is 5.32 Å². The average Bonchev–Trinajstić information content (AvgIpc) is 2.03. The van der Waals surface area contributed by atoms with E-state index < -0.39 is 0 Å². The number of hydrogen-bond acceptors (Lipinski definition) is 1. The van der Waals surface area contributed by atoms with E-state index in [2.05, 4.69) is 19.2 Å². The minimum atomic E-state index is 0.459. The molecule has 0 amide bonds. The zero-order valence-corrected chi connectivity index (χ0v) is 8.90. The number of nitrogens with one attached hydrogen (secondary N) is 1. The lowest BCUT2D eigenvalue weighted by atomic mass is 9.89. The van der Waals surface area contributed by atoms with E-state index in [0.29, 0.717) is 11.4 Å². The molecule has 0 atom stereocenters. The van der Waals surface area contributed by atoms with Crippen molar-refractivity contribution in [3.05, 3.63) is 0 Å². The summed E-state index contributed by atoms with van der Waals surface area (Å²) in [6.07, 6.45) is 5.06. The molecule has 0 heterocycles. The van der Waals surface area contributed by atoms with E-state index in [-0.39, 0.29) is 0 Å². The van der Waals surface area contributed by atoms with Gasteiger partial charge in [0.1, 0.15) is 0 Å². The van der Waals surface area contributed by atoms with Gasteiger partial charge in [-0.25, -0.2) is 0 Å². The van der Waals surface area contributed by atoms with Crippen molar-refractivity contribution in [3.8, 4) is 0 Å². The van der Waals surface area contributed by atoms with Crippen LogP contribution in [-0.4, -0.2) is 18.0 Å². The Kier molecular flexibility index (Phi) is 4.38. The molecule has 1 nitrogen and oxygen atoms in total. The predicted octanol–water partition coefficient (Wildman–Crippen LogP) is 2.78. The molecule has 12 heavy (non-hydrogen) atoms. The molecule has 1 rings (SSSR count). The van der Waals surface area contributed by atoms with Gasteiger partial charge in [0, 0.05) is 11.4 Å². The first kappa shape index (κ1) is 10.3. The molecule has 0 unspecified atom stereocenters. The zero-order valence-electron chi connectivity index (χ0n) is 8.15. The minimum absolute atomic E-state index is 0.459. The van der Waals surface area contributed by atoms with Crippen molar-refractivity contribution in [1.82, 2.24) is 5.32 Å². The van der Waals surface area contributed by atoms with Crippen LogP contribution in [0.2, 0.25) is 0 Å². The summed E-state index contributed by atoms with van der Waals surface area (Å²) in [7, 11) is 0. The van der Waals surface area contributed by atoms with Crippen molar-refractivity contribution in [3.63, 3.8) is 0 Å². The highest BCUT2D eigenvalue weighted by Crippen LogP contribution is 2.26. The lowest BCUT2D eigenvalue weighted by molar-refractivity contribution is 0.337. The van der Waals surface area contributed by atoms with E-state index >= 15 is 0 Å². The molecule has 0 aromatic heterocycles. The Bertz CT molecular complexity index is 117. The molecule has 0 bridgehead atoms. The van der Waals surface area contributed by atoms with Crippen molar-refractivity contribution < 1.29 is 0 Å². The topological polar surface area (TPSA) is 12.0 Å². The fraction of sp³-hybridized carbons (Fsp3) is 1.00. The van der Waals surface area contributed by atoms with E-state index in [4.69, 9.17) is 11.6 Å². The van der Waals surface area contributed by atoms with Gasteiger partial charge in [-0.3, -0.25) is 0 Å². The summed E-state index contributed by atoms with van der Waals surface area (Å²) < 4.78 is 0. The molecule has 0 saturated heterocycles. The summed E-state index contributed by atoms with van der Waals surface area (Å²) in [4.78, 5) is 0. The van der Waals surface area contributed by atoms with Gasteiger partial charge < -0.3 is 5.32 Å². The predicted molar refractivity (Wildman–Crippen MR) is 54.7 cm³/mol. The second-order valence-electron chi connectivity index (χ2n) is 4.18. The van der Waals surface area contributed by atoms with Gasteiger partial charge in [-0.2, -0.15) is 0 Å². The van der Waals surface area contributed by atoms with Crippen LogP contribution in [0.3, 0.4) is 0 Å². The number of hydrogen-bond donors (Lipinski definition) is 1. The average molecular weight is 190 g/mol. The highest BCUT2D eigenvalue weighted by molar-refractivity contribution is 6.20. The summed E-state index contributed by atoms with van der Waals surface area (Å²) in [6.45, 7) is 5.58. The number of alkyl halides is 1. The smallest absolute Gasteiger partial charge is 0.0336 e. The Morgan fingerprint density at radius 1 is 1.25 bits per heavy atom. The van der Waals surface area contributed by atoms with Crippen molar-refractivity contribution in [2.45, 2.75) is 50.9 Å². The third-order valence-corrected chi connectivity index (χ3v) is 3.03. The monoisotopic (exact) mass is 189 g/mol. The van der Waals surface area contributed by atoms with Gasteiger partial charge in [0.05, 0.1) is 0 Å².